The lowest BCUT2D eigenvalue weighted by Gasteiger charge is -2.48. The van der Waals surface area contributed by atoms with Crippen molar-refractivity contribution in [3.05, 3.63) is 425 Å². The molecule has 0 bridgehead atoms. The van der Waals surface area contributed by atoms with Crippen LogP contribution in [-0.2, 0) is 0 Å². The Labute approximate surface area is 695 Å². The Kier molecular flexibility index (Phi) is 14.5. The average molecular weight is 1520 g/mol. The maximum Gasteiger partial charge on any atom is 0.252 e. The van der Waals surface area contributed by atoms with Crippen LogP contribution in [0.15, 0.2) is 425 Å². The molecule has 120 heavy (non-hydrogen) atoms. The zero-order chi connectivity index (χ0) is 78.4. The number of para-hydroxylation sites is 3. The fourth-order valence-corrected chi connectivity index (χ4v) is 21.6. The Morgan fingerprint density at radius 2 is 0.400 bits per heavy atom. The quantitative estimate of drug-likeness (QED) is 0.111. The molecule has 26 rings (SSSR count). The molecule has 0 unspecified atom stereocenters. The van der Waals surface area contributed by atoms with Crippen molar-refractivity contribution >= 4 is 211 Å². The van der Waals surface area contributed by atoms with Crippen LogP contribution in [0.3, 0.4) is 0 Å². The predicted octanol–water partition coefficient (Wildman–Crippen LogP) is 26.9. The molecule has 4 heterocycles. The van der Waals surface area contributed by atoms with Gasteiger partial charge in [-0.2, -0.15) is 0 Å². The molecule has 6 heteroatoms. The van der Waals surface area contributed by atoms with E-state index in [0.717, 1.165) is 113 Å². The number of hydrogen-bond acceptors (Lipinski definition) is 4. The number of nitrogens with zero attached hydrogens (tertiary/aromatic N) is 4. The Morgan fingerprint density at radius 3 is 0.733 bits per heavy atom. The highest BCUT2D eigenvalue weighted by molar-refractivity contribution is 7.03. The minimum atomic E-state index is -0.271. The third-order valence-electron chi connectivity index (χ3n) is 26.7. The molecule has 22 aromatic carbocycles. The molecular weight excluding hydrogens is 1450 g/mol. The van der Waals surface area contributed by atoms with Crippen LogP contribution in [0.1, 0.15) is 0 Å². The van der Waals surface area contributed by atoms with E-state index in [1.807, 2.05) is 0 Å². The van der Waals surface area contributed by atoms with Gasteiger partial charge in [0.05, 0.1) is 5.69 Å². The molecule has 0 spiro atoms. The second-order valence-corrected chi connectivity index (χ2v) is 32.8. The molecule has 0 atom stereocenters. The summed E-state index contributed by atoms with van der Waals surface area (Å²) in [7, 11) is 0. The SMILES string of the molecule is c1ccc(-c2cc3c4c(c2)N(c2ccc5c6ccccc6c6ccccc6c5c2)c2cc5c(cc2B4c2ccccc2N3c2ccc3c4ccccc4c4ccccc4c3c2)B2c3ccccc3N(c3ccc4c6ccccc6c6ccccc6c4c3)c3cc(-c4ccccc4)cc(c32)N5c2c(-c3ccccc3)cccc2-c2ccccc2)cc1. The normalized spacial score (nSPS) is 13.1. The van der Waals surface area contributed by atoms with Crippen LogP contribution < -0.4 is 52.4 Å². The maximum absolute atomic E-state index is 2.73. The van der Waals surface area contributed by atoms with E-state index in [9.17, 15) is 0 Å². The van der Waals surface area contributed by atoms with Gasteiger partial charge in [0, 0.05) is 73.7 Å². The Hall–Kier alpha value is -15.5. The minimum Gasteiger partial charge on any atom is -0.311 e. The summed E-state index contributed by atoms with van der Waals surface area (Å²) >= 11 is 0. The molecule has 0 N–H and O–H groups in total. The molecule has 4 nitrogen and oxygen atoms in total. The summed E-state index contributed by atoms with van der Waals surface area (Å²) in [6, 6.07) is 162. The van der Waals surface area contributed by atoms with Crippen molar-refractivity contribution in [3.8, 4) is 44.5 Å². The number of anilines is 12. The predicted molar refractivity (Wildman–Crippen MR) is 514 cm³/mol. The Balaban J connectivity index is 0.813. The molecule has 4 aliphatic heterocycles. The molecule has 0 fully saturated rings. The summed E-state index contributed by atoms with van der Waals surface area (Å²) in [5.41, 5.74) is 29.9. The highest BCUT2D eigenvalue weighted by atomic mass is 15.2. The van der Waals surface area contributed by atoms with Gasteiger partial charge in [0.25, 0.3) is 13.4 Å². The first-order valence-electron chi connectivity index (χ1n) is 41.8. The molecule has 4 aliphatic rings. The van der Waals surface area contributed by atoms with Gasteiger partial charge in [0.15, 0.2) is 0 Å². The Bertz CT molecular complexity index is 7990. The van der Waals surface area contributed by atoms with E-state index < -0.39 is 0 Å². The van der Waals surface area contributed by atoms with E-state index in [0.29, 0.717) is 0 Å². The van der Waals surface area contributed by atoms with Gasteiger partial charge in [-0.15, -0.1) is 0 Å². The van der Waals surface area contributed by atoms with Crippen LogP contribution in [0, 0.1) is 0 Å². The lowest BCUT2D eigenvalue weighted by molar-refractivity contribution is 1.24. The molecule has 0 aliphatic carbocycles. The van der Waals surface area contributed by atoms with E-state index in [4.69, 9.17) is 0 Å². The van der Waals surface area contributed by atoms with Crippen LogP contribution in [0.5, 0.6) is 0 Å². The van der Waals surface area contributed by atoms with Gasteiger partial charge in [-0.25, -0.2) is 0 Å². The van der Waals surface area contributed by atoms with Crippen molar-refractivity contribution in [2.75, 3.05) is 19.6 Å². The van der Waals surface area contributed by atoms with Gasteiger partial charge in [-0.05, 0) is 242 Å². The monoisotopic (exact) mass is 1520 g/mol. The lowest BCUT2D eigenvalue weighted by atomic mass is 9.30. The molecule has 22 aromatic rings. The standard InChI is InChI=1S/C114H70B2N4/c1-5-30-71(31-6-1)75-62-108-112-110(64-75)119(79-58-61-96-90-46-18-15-40-84(90)87-43-21-24-49-93(87)99(96)68-79)106-70-107-103(69-102(106)115(112)100-52-25-27-54-104(100)117(108)77-56-59-94-88-44-16-13-38-82(88)85-41-19-22-47-91(85)97(94)66-77)116-101-53-26-28-55-105(101)118(78-57-60-95-89-45-17-14-39-83(89)86-42-20-23-48-92(86)98(95)67-78)109-63-76(72-32-7-2-8-33-72)65-111(113(109)116)120(107)114-80(73-34-9-3-10-35-73)50-29-51-81(114)74-36-11-4-12-37-74/h1-70H. The highest BCUT2D eigenvalue weighted by Crippen LogP contribution is 2.56. The molecular formula is C114H70B2N4. The van der Waals surface area contributed by atoms with Crippen molar-refractivity contribution in [1.82, 2.24) is 0 Å². The summed E-state index contributed by atoms with van der Waals surface area (Å²) in [6.07, 6.45) is 0. The second kappa shape index (κ2) is 26.0. The van der Waals surface area contributed by atoms with Gasteiger partial charge in [0.1, 0.15) is 0 Å². The van der Waals surface area contributed by atoms with Crippen LogP contribution in [0.25, 0.3) is 141 Å². The Morgan fingerprint density at radius 1 is 0.142 bits per heavy atom. The van der Waals surface area contributed by atoms with Crippen molar-refractivity contribution < 1.29 is 0 Å². The minimum absolute atomic E-state index is 0.260. The van der Waals surface area contributed by atoms with Crippen molar-refractivity contribution in [2.45, 2.75) is 0 Å². The molecule has 0 saturated heterocycles. The first kappa shape index (κ1) is 66.8. The van der Waals surface area contributed by atoms with Crippen LogP contribution in [0.2, 0.25) is 0 Å². The molecule has 0 saturated carbocycles. The zero-order valence-corrected chi connectivity index (χ0v) is 65.4. The van der Waals surface area contributed by atoms with E-state index in [1.54, 1.807) is 0 Å². The summed E-state index contributed by atoms with van der Waals surface area (Å²) in [4.78, 5) is 10.7. The number of fused-ring (bicyclic) bond motifs is 26. The van der Waals surface area contributed by atoms with E-state index in [-0.39, 0.29) is 13.4 Å². The number of hydrogen-bond donors (Lipinski definition) is 0. The van der Waals surface area contributed by atoms with Gasteiger partial charge >= 0.3 is 0 Å². The first-order valence-corrected chi connectivity index (χ1v) is 41.8. The van der Waals surface area contributed by atoms with Gasteiger partial charge in [0.2, 0.25) is 0 Å². The van der Waals surface area contributed by atoms with Crippen molar-refractivity contribution in [2.24, 2.45) is 0 Å². The van der Waals surface area contributed by atoms with E-state index >= 15 is 0 Å². The smallest absolute Gasteiger partial charge is 0.252 e. The molecule has 0 amide bonds. The van der Waals surface area contributed by atoms with Crippen LogP contribution in [0.4, 0.5) is 68.2 Å². The lowest BCUT2D eigenvalue weighted by Crippen LogP contribution is -2.65. The summed E-state index contributed by atoms with van der Waals surface area (Å²) in [5, 5.41) is 22.3. The summed E-state index contributed by atoms with van der Waals surface area (Å²) < 4.78 is 0. The highest BCUT2D eigenvalue weighted by Gasteiger charge is 2.49. The molecule has 0 radical (unpaired) electrons. The zero-order valence-electron chi connectivity index (χ0n) is 65.4. The van der Waals surface area contributed by atoms with E-state index in [2.05, 4.69) is 444 Å². The van der Waals surface area contributed by atoms with Gasteiger partial charge in [-0.1, -0.05) is 346 Å². The summed E-state index contributed by atoms with van der Waals surface area (Å²) in [6.45, 7) is -0.531. The fourth-order valence-electron chi connectivity index (χ4n) is 21.6. The molecule has 0 aromatic heterocycles. The first-order chi connectivity index (χ1) is 59.6. The summed E-state index contributed by atoms with van der Waals surface area (Å²) in [5.74, 6) is 0. The van der Waals surface area contributed by atoms with Gasteiger partial charge < -0.3 is 19.6 Å². The third kappa shape index (κ3) is 9.73. The second-order valence-electron chi connectivity index (χ2n) is 32.8. The fraction of sp³-hybridized carbons (Fsp3) is 0. The largest absolute Gasteiger partial charge is 0.311 e. The number of benzene rings is 22. The maximum atomic E-state index is 2.73. The van der Waals surface area contributed by atoms with Crippen LogP contribution in [-0.4, -0.2) is 13.4 Å². The van der Waals surface area contributed by atoms with Crippen molar-refractivity contribution in [3.63, 3.8) is 0 Å². The van der Waals surface area contributed by atoms with Gasteiger partial charge in [-0.3, -0.25) is 0 Å². The average Bonchev–Trinajstić information content (AvgIpc) is 0.676. The number of rotatable bonds is 8. The topological polar surface area (TPSA) is 13.0 Å². The molecule has 552 valence electrons. The van der Waals surface area contributed by atoms with Crippen molar-refractivity contribution in [1.29, 1.82) is 0 Å². The van der Waals surface area contributed by atoms with E-state index in [1.165, 1.54) is 130 Å². The third-order valence-corrected chi connectivity index (χ3v) is 26.7. The van der Waals surface area contributed by atoms with Crippen LogP contribution >= 0.6 is 0 Å².